The van der Waals surface area contributed by atoms with Crippen molar-refractivity contribution in [2.75, 3.05) is 13.7 Å². The first-order valence-corrected chi connectivity index (χ1v) is 6.77. The summed E-state index contributed by atoms with van der Waals surface area (Å²) in [5.74, 6) is 0.784. The molecule has 0 fully saturated rings. The lowest BCUT2D eigenvalue weighted by Gasteiger charge is -2.16. The number of alkyl halides is 3. The number of halogens is 3. The van der Waals surface area contributed by atoms with Crippen LogP contribution in [0.25, 0.3) is 10.8 Å². The maximum Gasteiger partial charge on any atom is 0.390 e. The highest BCUT2D eigenvalue weighted by molar-refractivity contribution is 5.84. The number of benzene rings is 2. The minimum Gasteiger partial charge on any atom is -0.497 e. The molecule has 0 saturated carbocycles. The second kappa shape index (κ2) is 6.35. The van der Waals surface area contributed by atoms with E-state index in [9.17, 15) is 13.2 Å². The van der Waals surface area contributed by atoms with Crippen molar-refractivity contribution in [1.82, 2.24) is 5.32 Å². The van der Waals surface area contributed by atoms with E-state index in [-0.39, 0.29) is 12.6 Å². The van der Waals surface area contributed by atoms with Gasteiger partial charge in [-0.15, -0.1) is 0 Å². The van der Waals surface area contributed by atoms with E-state index >= 15 is 0 Å². The second-order valence-corrected chi connectivity index (χ2v) is 5.01. The number of nitrogens with one attached hydrogen (secondary N) is 1. The van der Waals surface area contributed by atoms with E-state index in [1.165, 1.54) is 0 Å². The molecule has 5 heteroatoms. The largest absolute Gasteiger partial charge is 0.497 e. The minimum absolute atomic E-state index is 0.0781. The SMILES string of the molecule is COc1ccc2cc(C(C)NCCC(F)(F)F)ccc2c1. The van der Waals surface area contributed by atoms with Crippen molar-refractivity contribution in [1.29, 1.82) is 0 Å². The summed E-state index contributed by atoms with van der Waals surface area (Å²) in [5, 5.41) is 4.98. The van der Waals surface area contributed by atoms with E-state index in [1.54, 1.807) is 7.11 Å². The highest BCUT2D eigenvalue weighted by Crippen LogP contribution is 2.25. The zero-order valence-electron chi connectivity index (χ0n) is 12.0. The molecule has 21 heavy (non-hydrogen) atoms. The van der Waals surface area contributed by atoms with E-state index in [0.29, 0.717) is 0 Å². The van der Waals surface area contributed by atoms with Crippen LogP contribution in [0, 0.1) is 0 Å². The number of hydrogen-bond donors (Lipinski definition) is 1. The summed E-state index contributed by atoms with van der Waals surface area (Å²) in [6.45, 7) is 1.78. The van der Waals surface area contributed by atoms with Crippen LogP contribution in [0.4, 0.5) is 13.2 Å². The third-order valence-electron chi connectivity index (χ3n) is 3.43. The molecular formula is C16H18F3NO. The monoisotopic (exact) mass is 297 g/mol. The predicted octanol–water partition coefficient (Wildman–Crippen LogP) is 4.45. The molecule has 114 valence electrons. The Morgan fingerprint density at radius 1 is 1.10 bits per heavy atom. The molecule has 2 aromatic carbocycles. The lowest BCUT2D eigenvalue weighted by atomic mass is 10.0. The Kier molecular flexibility index (Phi) is 4.73. The average molecular weight is 297 g/mol. The van der Waals surface area contributed by atoms with Crippen LogP contribution < -0.4 is 10.1 Å². The van der Waals surface area contributed by atoms with Crippen LogP contribution in [0.3, 0.4) is 0 Å². The maximum absolute atomic E-state index is 12.1. The van der Waals surface area contributed by atoms with E-state index in [0.717, 1.165) is 22.1 Å². The van der Waals surface area contributed by atoms with Gasteiger partial charge < -0.3 is 10.1 Å². The lowest BCUT2D eigenvalue weighted by molar-refractivity contribution is -0.133. The Balaban J connectivity index is 2.08. The van der Waals surface area contributed by atoms with Crippen molar-refractivity contribution in [3.63, 3.8) is 0 Å². The summed E-state index contributed by atoms with van der Waals surface area (Å²) in [4.78, 5) is 0. The van der Waals surface area contributed by atoms with Crippen molar-refractivity contribution in [2.45, 2.75) is 25.6 Å². The molecule has 2 aromatic rings. The van der Waals surface area contributed by atoms with Crippen molar-refractivity contribution in [3.05, 3.63) is 42.0 Å². The maximum atomic E-state index is 12.1. The molecule has 0 aliphatic heterocycles. The fourth-order valence-corrected chi connectivity index (χ4v) is 2.19. The molecule has 1 N–H and O–H groups in total. The van der Waals surface area contributed by atoms with E-state index < -0.39 is 12.6 Å². The van der Waals surface area contributed by atoms with Gasteiger partial charge in [-0.1, -0.05) is 18.2 Å². The second-order valence-electron chi connectivity index (χ2n) is 5.01. The lowest BCUT2D eigenvalue weighted by Crippen LogP contribution is -2.24. The van der Waals surface area contributed by atoms with Crippen molar-refractivity contribution in [2.24, 2.45) is 0 Å². The zero-order valence-corrected chi connectivity index (χ0v) is 12.0. The highest BCUT2D eigenvalue weighted by atomic mass is 19.4. The van der Waals surface area contributed by atoms with E-state index in [2.05, 4.69) is 5.32 Å². The van der Waals surface area contributed by atoms with Crippen molar-refractivity contribution >= 4 is 10.8 Å². The van der Waals surface area contributed by atoms with Gasteiger partial charge in [0.25, 0.3) is 0 Å². The van der Waals surface area contributed by atoms with Gasteiger partial charge in [-0.3, -0.25) is 0 Å². The van der Waals surface area contributed by atoms with Gasteiger partial charge in [0.1, 0.15) is 5.75 Å². The molecule has 0 saturated heterocycles. The highest BCUT2D eigenvalue weighted by Gasteiger charge is 2.26. The Labute approximate surface area is 121 Å². The molecule has 0 aromatic heterocycles. The molecule has 0 amide bonds. The standard InChI is InChI=1S/C16H18F3NO/c1-11(20-8-7-16(17,18)19)12-3-4-14-10-15(21-2)6-5-13(14)9-12/h3-6,9-11,20H,7-8H2,1-2H3. The molecule has 1 unspecified atom stereocenters. The molecule has 0 spiro atoms. The number of ether oxygens (including phenoxy) is 1. The summed E-state index contributed by atoms with van der Waals surface area (Å²) in [6.07, 6.45) is -4.94. The number of rotatable bonds is 5. The third kappa shape index (κ3) is 4.36. The topological polar surface area (TPSA) is 21.3 Å². The van der Waals surface area contributed by atoms with Crippen LogP contribution in [0.1, 0.15) is 24.9 Å². The van der Waals surface area contributed by atoms with E-state index in [4.69, 9.17) is 4.74 Å². The predicted molar refractivity (Wildman–Crippen MR) is 77.6 cm³/mol. The van der Waals surface area contributed by atoms with Crippen LogP contribution in [0.2, 0.25) is 0 Å². The van der Waals surface area contributed by atoms with Gasteiger partial charge in [0.2, 0.25) is 0 Å². The first kappa shape index (κ1) is 15.6. The van der Waals surface area contributed by atoms with Gasteiger partial charge in [0.05, 0.1) is 13.5 Å². The van der Waals surface area contributed by atoms with Gasteiger partial charge in [-0.25, -0.2) is 0 Å². The Morgan fingerprint density at radius 3 is 2.43 bits per heavy atom. The number of methoxy groups -OCH3 is 1. The molecule has 2 nitrogen and oxygen atoms in total. The molecule has 0 heterocycles. The summed E-state index contributed by atoms with van der Waals surface area (Å²) in [5.41, 5.74) is 0.967. The fourth-order valence-electron chi connectivity index (χ4n) is 2.19. The average Bonchev–Trinajstić information content (AvgIpc) is 2.44. The first-order valence-electron chi connectivity index (χ1n) is 6.77. The molecule has 1 atom stereocenters. The van der Waals surface area contributed by atoms with Gasteiger partial charge >= 0.3 is 6.18 Å². The zero-order chi connectivity index (χ0) is 15.5. The van der Waals surface area contributed by atoms with Crippen LogP contribution in [0.5, 0.6) is 5.75 Å². The molecule has 0 aliphatic carbocycles. The van der Waals surface area contributed by atoms with Gasteiger partial charge in [0, 0.05) is 12.6 Å². The minimum atomic E-state index is -4.12. The molecular weight excluding hydrogens is 279 g/mol. The summed E-state index contributed by atoms with van der Waals surface area (Å²) >= 11 is 0. The quantitative estimate of drug-likeness (QED) is 0.880. The van der Waals surface area contributed by atoms with Crippen LogP contribution in [0.15, 0.2) is 36.4 Å². The summed E-state index contributed by atoms with van der Waals surface area (Å²) < 4.78 is 41.6. The Bertz CT molecular complexity index is 610. The van der Waals surface area contributed by atoms with Gasteiger partial charge in [0.15, 0.2) is 0 Å². The summed E-state index contributed by atoms with van der Waals surface area (Å²) in [7, 11) is 1.61. The van der Waals surface area contributed by atoms with Crippen LogP contribution >= 0.6 is 0 Å². The van der Waals surface area contributed by atoms with Crippen LogP contribution in [-0.4, -0.2) is 19.8 Å². The fraction of sp³-hybridized carbons (Fsp3) is 0.375. The third-order valence-corrected chi connectivity index (χ3v) is 3.43. The van der Waals surface area contributed by atoms with Gasteiger partial charge in [-0.2, -0.15) is 13.2 Å². The molecule has 0 aliphatic rings. The Hall–Kier alpha value is -1.75. The number of fused-ring (bicyclic) bond motifs is 1. The molecule has 2 rings (SSSR count). The number of hydrogen-bond acceptors (Lipinski definition) is 2. The normalized spacial score (nSPS) is 13.4. The van der Waals surface area contributed by atoms with Crippen LogP contribution in [-0.2, 0) is 0 Å². The molecule has 0 bridgehead atoms. The smallest absolute Gasteiger partial charge is 0.390 e. The summed E-state index contributed by atoms with van der Waals surface area (Å²) in [6, 6.07) is 11.5. The van der Waals surface area contributed by atoms with E-state index in [1.807, 2.05) is 43.3 Å². The Morgan fingerprint density at radius 2 is 1.76 bits per heavy atom. The van der Waals surface area contributed by atoms with Crippen molar-refractivity contribution in [3.8, 4) is 5.75 Å². The van der Waals surface area contributed by atoms with Gasteiger partial charge in [-0.05, 0) is 41.5 Å². The molecule has 0 radical (unpaired) electrons. The van der Waals surface area contributed by atoms with Crippen molar-refractivity contribution < 1.29 is 17.9 Å². The first-order chi connectivity index (χ1) is 9.89.